The highest BCUT2D eigenvalue weighted by molar-refractivity contribution is 5.48. The van der Waals surface area contributed by atoms with Crippen LogP contribution in [0.3, 0.4) is 0 Å². The number of hydrogen-bond donors (Lipinski definition) is 1. The summed E-state index contributed by atoms with van der Waals surface area (Å²) in [6.07, 6.45) is 5.25. The Morgan fingerprint density at radius 2 is 2.06 bits per heavy atom. The van der Waals surface area contributed by atoms with Crippen molar-refractivity contribution in [2.75, 3.05) is 5.32 Å². The number of nitrogens with zero attached hydrogens (tertiary/aromatic N) is 1. The van der Waals surface area contributed by atoms with Crippen molar-refractivity contribution in [3.05, 3.63) is 23.5 Å². The van der Waals surface area contributed by atoms with Crippen LogP contribution in [0.2, 0.25) is 0 Å². The van der Waals surface area contributed by atoms with Crippen molar-refractivity contribution in [1.29, 1.82) is 0 Å². The Hall–Kier alpha value is -1.05. The molecule has 1 aliphatic carbocycles. The molecule has 2 rings (SSSR count). The number of aromatic nitrogens is 1. The van der Waals surface area contributed by atoms with Crippen LogP contribution in [0, 0.1) is 19.3 Å². The second kappa shape index (κ2) is 4.67. The Labute approximate surface area is 105 Å². The van der Waals surface area contributed by atoms with Gasteiger partial charge in [0.05, 0.1) is 11.4 Å². The van der Waals surface area contributed by atoms with E-state index in [4.69, 9.17) is 0 Å². The summed E-state index contributed by atoms with van der Waals surface area (Å²) in [4.78, 5) is 4.51. The van der Waals surface area contributed by atoms with E-state index >= 15 is 0 Å². The molecule has 1 aromatic heterocycles. The number of anilines is 1. The number of aryl methyl sites for hydroxylation is 2. The zero-order valence-electron chi connectivity index (χ0n) is 11.5. The zero-order valence-corrected chi connectivity index (χ0v) is 11.5. The SMILES string of the molecule is Cc1ccc(NC2CCCC(C)(C)C2)c(C)n1. The Morgan fingerprint density at radius 1 is 1.29 bits per heavy atom. The van der Waals surface area contributed by atoms with E-state index in [9.17, 15) is 0 Å². The van der Waals surface area contributed by atoms with E-state index in [0.29, 0.717) is 11.5 Å². The average molecular weight is 232 g/mol. The predicted octanol–water partition coefficient (Wildman–Crippen LogP) is 4.08. The van der Waals surface area contributed by atoms with Crippen LogP contribution < -0.4 is 5.32 Å². The lowest BCUT2D eigenvalue weighted by molar-refractivity contribution is 0.229. The number of hydrogen-bond acceptors (Lipinski definition) is 2. The molecule has 1 heterocycles. The largest absolute Gasteiger partial charge is 0.381 e. The summed E-state index contributed by atoms with van der Waals surface area (Å²) in [6, 6.07) is 4.87. The van der Waals surface area contributed by atoms with Gasteiger partial charge in [0.15, 0.2) is 0 Å². The van der Waals surface area contributed by atoms with Crippen LogP contribution in [0.25, 0.3) is 0 Å². The first kappa shape index (κ1) is 12.4. The first-order valence-electron chi connectivity index (χ1n) is 6.67. The number of pyridine rings is 1. The van der Waals surface area contributed by atoms with E-state index in [1.54, 1.807) is 0 Å². The molecule has 0 spiro atoms. The van der Waals surface area contributed by atoms with Crippen molar-refractivity contribution in [2.45, 2.75) is 59.4 Å². The molecule has 1 atom stereocenters. The molecule has 17 heavy (non-hydrogen) atoms. The lowest BCUT2D eigenvalue weighted by atomic mass is 9.75. The number of nitrogens with one attached hydrogen (secondary N) is 1. The molecule has 0 bridgehead atoms. The van der Waals surface area contributed by atoms with Crippen molar-refractivity contribution < 1.29 is 0 Å². The molecule has 1 unspecified atom stereocenters. The quantitative estimate of drug-likeness (QED) is 0.831. The smallest absolute Gasteiger partial charge is 0.0606 e. The average Bonchev–Trinajstić information content (AvgIpc) is 2.21. The Morgan fingerprint density at radius 3 is 2.71 bits per heavy atom. The Kier molecular flexibility index (Phi) is 3.41. The van der Waals surface area contributed by atoms with Crippen LogP contribution in [-0.2, 0) is 0 Å². The topological polar surface area (TPSA) is 24.9 Å². The maximum atomic E-state index is 4.51. The molecule has 1 N–H and O–H groups in total. The third-order valence-corrected chi connectivity index (χ3v) is 3.79. The van der Waals surface area contributed by atoms with Gasteiger partial charge in [-0.1, -0.05) is 20.3 Å². The van der Waals surface area contributed by atoms with Crippen LogP contribution in [0.1, 0.15) is 50.9 Å². The lowest BCUT2D eigenvalue weighted by Crippen LogP contribution is -2.32. The van der Waals surface area contributed by atoms with E-state index in [1.807, 2.05) is 6.92 Å². The predicted molar refractivity (Wildman–Crippen MR) is 73.4 cm³/mol. The fraction of sp³-hybridized carbons (Fsp3) is 0.667. The van der Waals surface area contributed by atoms with E-state index in [1.165, 1.54) is 31.4 Å². The Bertz CT molecular complexity index is 396. The van der Waals surface area contributed by atoms with Gasteiger partial charge in [-0.25, -0.2) is 0 Å². The van der Waals surface area contributed by atoms with Gasteiger partial charge in [-0.05, 0) is 50.7 Å². The molecule has 1 aliphatic rings. The van der Waals surface area contributed by atoms with Gasteiger partial charge in [0.25, 0.3) is 0 Å². The van der Waals surface area contributed by atoms with Crippen LogP contribution in [0.4, 0.5) is 5.69 Å². The summed E-state index contributed by atoms with van der Waals surface area (Å²) in [5, 5.41) is 3.67. The summed E-state index contributed by atoms with van der Waals surface area (Å²) < 4.78 is 0. The van der Waals surface area contributed by atoms with Gasteiger partial charge >= 0.3 is 0 Å². The van der Waals surface area contributed by atoms with E-state index in [2.05, 4.69) is 43.2 Å². The van der Waals surface area contributed by atoms with E-state index in [0.717, 1.165) is 11.4 Å². The van der Waals surface area contributed by atoms with Crippen molar-refractivity contribution >= 4 is 5.69 Å². The van der Waals surface area contributed by atoms with E-state index < -0.39 is 0 Å². The fourth-order valence-corrected chi connectivity index (χ4v) is 2.88. The first-order valence-corrected chi connectivity index (χ1v) is 6.67. The Balaban J connectivity index is 2.05. The van der Waals surface area contributed by atoms with Gasteiger partial charge < -0.3 is 5.32 Å². The highest BCUT2D eigenvalue weighted by atomic mass is 14.9. The highest BCUT2D eigenvalue weighted by Crippen LogP contribution is 2.36. The molecule has 0 radical (unpaired) electrons. The second-order valence-electron chi connectivity index (χ2n) is 6.19. The van der Waals surface area contributed by atoms with Crippen LogP contribution in [0.15, 0.2) is 12.1 Å². The third-order valence-electron chi connectivity index (χ3n) is 3.79. The van der Waals surface area contributed by atoms with Crippen LogP contribution >= 0.6 is 0 Å². The van der Waals surface area contributed by atoms with Crippen molar-refractivity contribution in [3.8, 4) is 0 Å². The minimum Gasteiger partial charge on any atom is -0.381 e. The van der Waals surface area contributed by atoms with Gasteiger partial charge in [-0.15, -0.1) is 0 Å². The van der Waals surface area contributed by atoms with Gasteiger partial charge in [0.2, 0.25) is 0 Å². The fourth-order valence-electron chi connectivity index (χ4n) is 2.88. The monoisotopic (exact) mass is 232 g/mol. The normalized spacial score (nSPS) is 23.4. The van der Waals surface area contributed by atoms with Gasteiger partial charge in [-0.2, -0.15) is 0 Å². The van der Waals surface area contributed by atoms with Crippen molar-refractivity contribution in [1.82, 2.24) is 4.98 Å². The standard InChI is InChI=1S/C15H24N2/c1-11-7-8-14(12(2)16-11)17-13-6-5-9-15(3,4)10-13/h7-8,13,17H,5-6,9-10H2,1-4H3. The molecule has 0 aliphatic heterocycles. The molecular weight excluding hydrogens is 208 g/mol. The molecule has 2 nitrogen and oxygen atoms in total. The maximum absolute atomic E-state index is 4.51. The van der Waals surface area contributed by atoms with Crippen molar-refractivity contribution in [3.63, 3.8) is 0 Å². The summed E-state index contributed by atoms with van der Waals surface area (Å²) in [5.74, 6) is 0. The van der Waals surface area contributed by atoms with Gasteiger partial charge in [0, 0.05) is 11.7 Å². The molecule has 0 aromatic carbocycles. The molecule has 2 heteroatoms. The second-order valence-corrected chi connectivity index (χ2v) is 6.19. The number of rotatable bonds is 2. The lowest BCUT2D eigenvalue weighted by Gasteiger charge is -2.36. The molecule has 1 aromatic rings. The minimum atomic E-state index is 0.488. The summed E-state index contributed by atoms with van der Waals surface area (Å²) in [6.45, 7) is 8.88. The third kappa shape index (κ3) is 3.21. The van der Waals surface area contributed by atoms with Crippen LogP contribution in [0.5, 0.6) is 0 Å². The van der Waals surface area contributed by atoms with Gasteiger partial charge in [0.1, 0.15) is 0 Å². The molecule has 94 valence electrons. The highest BCUT2D eigenvalue weighted by Gasteiger charge is 2.27. The first-order chi connectivity index (χ1) is 7.96. The maximum Gasteiger partial charge on any atom is 0.0606 e. The van der Waals surface area contributed by atoms with Gasteiger partial charge in [-0.3, -0.25) is 4.98 Å². The summed E-state index contributed by atoms with van der Waals surface area (Å²) in [7, 11) is 0. The van der Waals surface area contributed by atoms with Crippen molar-refractivity contribution in [2.24, 2.45) is 5.41 Å². The summed E-state index contributed by atoms with van der Waals surface area (Å²) >= 11 is 0. The molecule has 1 saturated carbocycles. The summed E-state index contributed by atoms with van der Waals surface area (Å²) in [5.41, 5.74) is 3.91. The molecule has 0 saturated heterocycles. The molecular formula is C15H24N2. The molecule has 0 amide bonds. The molecule has 1 fully saturated rings. The minimum absolute atomic E-state index is 0.488. The van der Waals surface area contributed by atoms with Crippen LogP contribution in [-0.4, -0.2) is 11.0 Å². The van der Waals surface area contributed by atoms with E-state index in [-0.39, 0.29) is 0 Å². The zero-order chi connectivity index (χ0) is 12.5.